The minimum Gasteiger partial charge on any atom is -0.492 e. The van der Waals surface area contributed by atoms with E-state index in [0.717, 1.165) is 16.8 Å². The molecule has 0 radical (unpaired) electrons. The molecule has 0 spiro atoms. The summed E-state index contributed by atoms with van der Waals surface area (Å²) in [4.78, 5) is 21.2. The van der Waals surface area contributed by atoms with Crippen LogP contribution in [0, 0.1) is 13.8 Å². The highest BCUT2D eigenvalue weighted by Crippen LogP contribution is 2.24. The number of carbonyl (C=O) groups excluding carboxylic acids is 1. The van der Waals surface area contributed by atoms with E-state index in [9.17, 15) is 4.79 Å². The lowest BCUT2D eigenvalue weighted by molar-refractivity contribution is -0.118. The first-order valence-corrected chi connectivity index (χ1v) is 9.12. The van der Waals surface area contributed by atoms with Gasteiger partial charge in [0.15, 0.2) is 12.4 Å². The van der Waals surface area contributed by atoms with Crippen molar-refractivity contribution in [1.29, 1.82) is 0 Å². The van der Waals surface area contributed by atoms with Gasteiger partial charge in [-0.05, 0) is 32.9 Å². The molecule has 0 unspecified atom stereocenters. The van der Waals surface area contributed by atoms with Gasteiger partial charge in [-0.15, -0.1) is 0 Å². The first kappa shape index (κ1) is 19.4. The highest BCUT2D eigenvalue weighted by atomic mass is 16.5. The van der Waals surface area contributed by atoms with E-state index in [4.69, 9.17) is 9.47 Å². The normalized spacial score (nSPS) is 10.4. The van der Waals surface area contributed by atoms with Crippen LogP contribution in [0.1, 0.15) is 18.2 Å². The maximum absolute atomic E-state index is 12.3. The average Bonchev–Trinajstić information content (AvgIpc) is 2.68. The average molecular weight is 377 g/mol. The predicted octanol–water partition coefficient (Wildman–Crippen LogP) is 4.18. The Morgan fingerprint density at radius 3 is 2.50 bits per heavy atom. The van der Waals surface area contributed by atoms with Crippen LogP contribution in [0.15, 0.2) is 54.6 Å². The van der Waals surface area contributed by atoms with Crippen LogP contribution < -0.4 is 14.8 Å². The number of nitrogens with zero attached hydrogens (tertiary/aromatic N) is 2. The van der Waals surface area contributed by atoms with Crippen molar-refractivity contribution in [3.05, 3.63) is 65.9 Å². The highest BCUT2D eigenvalue weighted by molar-refractivity contribution is 5.93. The van der Waals surface area contributed by atoms with E-state index in [1.54, 1.807) is 12.1 Å². The summed E-state index contributed by atoms with van der Waals surface area (Å²) in [6, 6.07) is 16.9. The molecular weight excluding hydrogens is 354 g/mol. The summed E-state index contributed by atoms with van der Waals surface area (Å²) in [5, 5.41) is 2.80. The van der Waals surface area contributed by atoms with Crippen LogP contribution in [0.25, 0.3) is 11.4 Å². The van der Waals surface area contributed by atoms with Gasteiger partial charge >= 0.3 is 0 Å². The summed E-state index contributed by atoms with van der Waals surface area (Å²) >= 11 is 0. The molecule has 2 aromatic carbocycles. The zero-order valence-corrected chi connectivity index (χ0v) is 16.2. The number of aryl methyl sites for hydroxylation is 2. The maximum Gasteiger partial charge on any atom is 0.262 e. The fourth-order valence-corrected chi connectivity index (χ4v) is 2.62. The third kappa shape index (κ3) is 5.07. The summed E-state index contributed by atoms with van der Waals surface area (Å²) in [7, 11) is 0. The number of nitrogens with one attached hydrogen (secondary N) is 1. The monoisotopic (exact) mass is 377 g/mol. The standard InChI is InChI=1S/C22H23N3O3/c1-4-27-19-8-6-5-7-18(19)24-20(26)14-28-21-13-16(3)23-22(25-21)17-11-9-15(2)10-12-17/h5-13H,4,14H2,1-3H3,(H,24,26). The summed E-state index contributed by atoms with van der Waals surface area (Å²) in [6.07, 6.45) is 0. The molecule has 1 N–H and O–H groups in total. The fraction of sp³-hybridized carbons (Fsp3) is 0.227. The lowest BCUT2D eigenvalue weighted by Crippen LogP contribution is -2.21. The van der Waals surface area contributed by atoms with E-state index in [1.165, 1.54) is 0 Å². The number of para-hydroxylation sites is 2. The highest BCUT2D eigenvalue weighted by Gasteiger charge is 2.10. The van der Waals surface area contributed by atoms with Crippen LogP contribution >= 0.6 is 0 Å². The second-order valence-corrected chi connectivity index (χ2v) is 6.30. The van der Waals surface area contributed by atoms with Gasteiger partial charge in [0.1, 0.15) is 5.75 Å². The molecule has 0 aliphatic heterocycles. The molecular formula is C22H23N3O3. The molecule has 6 heteroatoms. The van der Waals surface area contributed by atoms with Gasteiger partial charge in [0, 0.05) is 17.3 Å². The van der Waals surface area contributed by atoms with Gasteiger partial charge in [0.05, 0.1) is 12.3 Å². The van der Waals surface area contributed by atoms with Gasteiger partial charge in [-0.25, -0.2) is 4.98 Å². The second kappa shape index (κ2) is 8.99. The van der Waals surface area contributed by atoms with Crippen molar-refractivity contribution in [2.45, 2.75) is 20.8 Å². The molecule has 6 nitrogen and oxygen atoms in total. The summed E-state index contributed by atoms with van der Waals surface area (Å²) in [5.41, 5.74) is 3.44. The van der Waals surface area contributed by atoms with E-state index in [1.807, 2.05) is 63.2 Å². The lowest BCUT2D eigenvalue weighted by Gasteiger charge is -2.12. The third-order valence-corrected chi connectivity index (χ3v) is 3.95. The van der Waals surface area contributed by atoms with Crippen LogP contribution in [0.3, 0.4) is 0 Å². The predicted molar refractivity (Wildman–Crippen MR) is 109 cm³/mol. The van der Waals surface area contributed by atoms with Crippen LogP contribution in [0.4, 0.5) is 5.69 Å². The zero-order chi connectivity index (χ0) is 19.9. The summed E-state index contributed by atoms with van der Waals surface area (Å²) in [5.74, 6) is 1.26. The largest absolute Gasteiger partial charge is 0.492 e. The molecule has 28 heavy (non-hydrogen) atoms. The molecule has 0 fully saturated rings. The number of hydrogen-bond acceptors (Lipinski definition) is 5. The number of rotatable bonds is 7. The molecule has 0 aliphatic rings. The van der Waals surface area contributed by atoms with Crippen LogP contribution in [-0.4, -0.2) is 29.1 Å². The van der Waals surface area contributed by atoms with Gasteiger partial charge in [0.2, 0.25) is 5.88 Å². The number of hydrogen-bond donors (Lipinski definition) is 1. The smallest absolute Gasteiger partial charge is 0.262 e. The molecule has 0 atom stereocenters. The number of amides is 1. The Morgan fingerprint density at radius 1 is 1.00 bits per heavy atom. The van der Waals surface area contributed by atoms with Crippen molar-refractivity contribution < 1.29 is 14.3 Å². The van der Waals surface area contributed by atoms with E-state index >= 15 is 0 Å². The van der Waals surface area contributed by atoms with E-state index in [2.05, 4.69) is 15.3 Å². The molecule has 3 aromatic rings. The SMILES string of the molecule is CCOc1ccccc1NC(=O)COc1cc(C)nc(-c2ccc(C)cc2)n1. The number of benzene rings is 2. The van der Waals surface area contributed by atoms with Crippen molar-refractivity contribution in [3.63, 3.8) is 0 Å². The van der Waals surface area contributed by atoms with Crippen LogP contribution in [-0.2, 0) is 4.79 Å². The maximum atomic E-state index is 12.3. The molecule has 3 rings (SSSR count). The van der Waals surface area contributed by atoms with Gasteiger partial charge in [-0.3, -0.25) is 4.79 Å². The quantitative estimate of drug-likeness (QED) is 0.669. The summed E-state index contributed by atoms with van der Waals surface area (Å²) in [6.45, 7) is 6.14. The molecule has 0 saturated carbocycles. The fourth-order valence-electron chi connectivity index (χ4n) is 2.62. The molecule has 144 valence electrons. The van der Waals surface area contributed by atoms with Gasteiger partial charge in [-0.1, -0.05) is 42.0 Å². The Kier molecular flexibility index (Phi) is 6.22. The lowest BCUT2D eigenvalue weighted by atomic mass is 10.1. The number of carbonyl (C=O) groups is 1. The van der Waals surface area contributed by atoms with Crippen molar-refractivity contribution in [2.24, 2.45) is 0 Å². The van der Waals surface area contributed by atoms with Crippen LogP contribution in [0.2, 0.25) is 0 Å². The molecule has 1 amide bonds. The topological polar surface area (TPSA) is 73.3 Å². The molecule has 0 aliphatic carbocycles. The van der Waals surface area contributed by atoms with Crippen molar-refractivity contribution in [2.75, 3.05) is 18.5 Å². The zero-order valence-electron chi connectivity index (χ0n) is 16.2. The number of aromatic nitrogens is 2. The summed E-state index contributed by atoms with van der Waals surface area (Å²) < 4.78 is 11.1. The minimum absolute atomic E-state index is 0.162. The van der Waals surface area contributed by atoms with E-state index in [0.29, 0.717) is 29.7 Å². The Bertz CT molecular complexity index is 955. The van der Waals surface area contributed by atoms with E-state index in [-0.39, 0.29) is 12.5 Å². The Labute approximate surface area is 164 Å². The first-order valence-electron chi connectivity index (χ1n) is 9.12. The minimum atomic E-state index is -0.291. The van der Waals surface area contributed by atoms with Gasteiger partial charge in [-0.2, -0.15) is 4.98 Å². The molecule has 0 bridgehead atoms. The van der Waals surface area contributed by atoms with Crippen molar-refractivity contribution in [1.82, 2.24) is 9.97 Å². The van der Waals surface area contributed by atoms with E-state index < -0.39 is 0 Å². The van der Waals surface area contributed by atoms with Gasteiger partial charge in [0.25, 0.3) is 5.91 Å². The van der Waals surface area contributed by atoms with Crippen LogP contribution in [0.5, 0.6) is 11.6 Å². The number of ether oxygens (including phenoxy) is 2. The Hall–Kier alpha value is -3.41. The first-order chi connectivity index (χ1) is 13.5. The van der Waals surface area contributed by atoms with Gasteiger partial charge < -0.3 is 14.8 Å². The third-order valence-electron chi connectivity index (χ3n) is 3.95. The second-order valence-electron chi connectivity index (χ2n) is 6.30. The van der Waals surface area contributed by atoms with Crippen molar-refractivity contribution >= 4 is 11.6 Å². The van der Waals surface area contributed by atoms with Crippen molar-refractivity contribution in [3.8, 4) is 23.0 Å². The Morgan fingerprint density at radius 2 is 1.75 bits per heavy atom. The molecule has 1 aromatic heterocycles. The molecule has 0 saturated heterocycles. The molecule has 1 heterocycles. The number of anilines is 1. The Balaban J connectivity index is 1.67.